The van der Waals surface area contributed by atoms with Crippen molar-refractivity contribution in [2.75, 3.05) is 19.3 Å². The standard InChI is InChI=1S/C11H25N3O4S/c1-11(2,3)14-9(8-13-19(4,17)18)6-5-7-12-10(15)16/h9,12-14H,5-8H2,1-4H3,(H,15,16)/t9-/m0/s1. The largest absolute Gasteiger partial charge is 0.465 e. The zero-order valence-electron chi connectivity index (χ0n) is 12.0. The molecule has 0 aromatic rings. The lowest BCUT2D eigenvalue weighted by molar-refractivity contribution is 0.194. The number of carbonyl (C=O) groups is 1. The molecule has 1 atom stereocenters. The molecule has 0 aliphatic carbocycles. The second kappa shape index (κ2) is 7.66. The Morgan fingerprint density at radius 3 is 2.32 bits per heavy atom. The summed E-state index contributed by atoms with van der Waals surface area (Å²) >= 11 is 0. The molecule has 0 aliphatic heterocycles. The minimum Gasteiger partial charge on any atom is -0.465 e. The van der Waals surface area contributed by atoms with E-state index >= 15 is 0 Å². The van der Waals surface area contributed by atoms with Crippen molar-refractivity contribution < 1.29 is 18.3 Å². The number of rotatable bonds is 8. The van der Waals surface area contributed by atoms with Crippen LogP contribution in [0.2, 0.25) is 0 Å². The molecule has 8 heteroatoms. The Morgan fingerprint density at radius 1 is 1.32 bits per heavy atom. The molecule has 0 aromatic heterocycles. The Kier molecular flexibility index (Phi) is 7.32. The average Bonchev–Trinajstić information content (AvgIpc) is 2.17. The van der Waals surface area contributed by atoms with E-state index in [1.165, 1.54) is 0 Å². The van der Waals surface area contributed by atoms with Gasteiger partial charge in [0, 0.05) is 24.7 Å². The van der Waals surface area contributed by atoms with Crippen molar-refractivity contribution in [2.24, 2.45) is 0 Å². The van der Waals surface area contributed by atoms with Crippen LogP contribution in [0.25, 0.3) is 0 Å². The van der Waals surface area contributed by atoms with Crippen LogP contribution in [0.1, 0.15) is 33.6 Å². The molecule has 0 bridgehead atoms. The molecular weight excluding hydrogens is 270 g/mol. The van der Waals surface area contributed by atoms with E-state index in [1.54, 1.807) is 0 Å². The van der Waals surface area contributed by atoms with Crippen molar-refractivity contribution in [1.82, 2.24) is 15.4 Å². The summed E-state index contributed by atoms with van der Waals surface area (Å²) in [6, 6.07) is -0.0367. The van der Waals surface area contributed by atoms with Crippen LogP contribution in [-0.4, -0.2) is 50.5 Å². The second-order valence-corrected chi connectivity index (χ2v) is 7.42. The summed E-state index contributed by atoms with van der Waals surface area (Å²) in [4.78, 5) is 10.3. The van der Waals surface area contributed by atoms with E-state index in [0.717, 1.165) is 6.26 Å². The van der Waals surface area contributed by atoms with E-state index in [4.69, 9.17) is 5.11 Å². The van der Waals surface area contributed by atoms with Crippen molar-refractivity contribution in [1.29, 1.82) is 0 Å². The van der Waals surface area contributed by atoms with Gasteiger partial charge in [0.05, 0.1) is 6.26 Å². The van der Waals surface area contributed by atoms with Crippen LogP contribution in [0.4, 0.5) is 4.79 Å². The molecule has 0 fully saturated rings. The predicted octanol–water partition coefficient (Wildman–Crippen LogP) is 0.340. The van der Waals surface area contributed by atoms with Gasteiger partial charge in [-0.2, -0.15) is 0 Å². The van der Waals surface area contributed by atoms with Gasteiger partial charge in [-0.15, -0.1) is 0 Å². The molecule has 0 aliphatic rings. The Labute approximate surface area is 115 Å². The molecule has 0 saturated carbocycles. The van der Waals surface area contributed by atoms with Crippen LogP contribution in [-0.2, 0) is 10.0 Å². The monoisotopic (exact) mass is 295 g/mol. The molecule has 0 rings (SSSR count). The zero-order chi connectivity index (χ0) is 15.1. The van der Waals surface area contributed by atoms with E-state index in [2.05, 4.69) is 15.4 Å². The Bertz CT molecular complexity index is 376. The number of hydrogen-bond donors (Lipinski definition) is 4. The molecule has 0 aromatic carbocycles. The topological polar surface area (TPSA) is 108 Å². The Hall–Kier alpha value is -0.860. The highest BCUT2D eigenvalue weighted by atomic mass is 32.2. The molecule has 114 valence electrons. The fourth-order valence-electron chi connectivity index (χ4n) is 1.63. The fraction of sp³-hybridized carbons (Fsp3) is 0.909. The van der Waals surface area contributed by atoms with Crippen LogP contribution >= 0.6 is 0 Å². The Balaban J connectivity index is 4.22. The van der Waals surface area contributed by atoms with Gasteiger partial charge in [-0.1, -0.05) is 0 Å². The zero-order valence-corrected chi connectivity index (χ0v) is 12.8. The quantitative estimate of drug-likeness (QED) is 0.483. The summed E-state index contributed by atoms with van der Waals surface area (Å²) < 4.78 is 24.7. The van der Waals surface area contributed by atoms with Gasteiger partial charge in [0.1, 0.15) is 0 Å². The van der Waals surface area contributed by atoms with Gasteiger partial charge in [0.25, 0.3) is 0 Å². The number of amides is 1. The minimum absolute atomic E-state index is 0.0367. The van der Waals surface area contributed by atoms with Gasteiger partial charge < -0.3 is 15.7 Å². The average molecular weight is 295 g/mol. The highest BCUT2D eigenvalue weighted by Gasteiger charge is 2.18. The van der Waals surface area contributed by atoms with Crippen LogP contribution in [0.15, 0.2) is 0 Å². The molecule has 0 unspecified atom stereocenters. The van der Waals surface area contributed by atoms with Gasteiger partial charge in [-0.05, 0) is 33.6 Å². The summed E-state index contributed by atoms with van der Waals surface area (Å²) in [6.07, 6.45) is 1.40. The van der Waals surface area contributed by atoms with Crippen LogP contribution in [0, 0.1) is 0 Å². The molecular formula is C11H25N3O4S. The first-order chi connectivity index (χ1) is 8.49. The molecule has 0 spiro atoms. The summed E-state index contributed by atoms with van der Waals surface area (Å²) in [6.45, 7) is 6.64. The van der Waals surface area contributed by atoms with Crippen LogP contribution in [0.3, 0.4) is 0 Å². The van der Waals surface area contributed by atoms with E-state index < -0.39 is 16.1 Å². The van der Waals surface area contributed by atoms with E-state index in [9.17, 15) is 13.2 Å². The first-order valence-electron chi connectivity index (χ1n) is 6.19. The van der Waals surface area contributed by atoms with Gasteiger partial charge in [0.2, 0.25) is 10.0 Å². The third kappa shape index (κ3) is 13.4. The van der Waals surface area contributed by atoms with Crippen molar-refractivity contribution in [3.63, 3.8) is 0 Å². The molecule has 4 N–H and O–H groups in total. The molecule has 7 nitrogen and oxygen atoms in total. The number of sulfonamides is 1. The lowest BCUT2D eigenvalue weighted by atomic mass is 10.0. The van der Waals surface area contributed by atoms with Crippen LogP contribution in [0.5, 0.6) is 0 Å². The third-order valence-corrected chi connectivity index (χ3v) is 2.93. The summed E-state index contributed by atoms with van der Waals surface area (Å²) in [5, 5.41) is 14.1. The van der Waals surface area contributed by atoms with Crippen molar-refractivity contribution in [3.8, 4) is 0 Å². The second-order valence-electron chi connectivity index (χ2n) is 5.59. The molecule has 19 heavy (non-hydrogen) atoms. The van der Waals surface area contributed by atoms with E-state index in [1.807, 2.05) is 20.8 Å². The smallest absolute Gasteiger partial charge is 0.404 e. The minimum atomic E-state index is -3.22. The fourth-order valence-corrected chi connectivity index (χ4v) is 2.14. The SMILES string of the molecule is CC(C)(C)N[C@@H](CCCNC(=O)O)CNS(C)(=O)=O. The lowest BCUT2D eigenvalue weighted by Crippen LogP contribution is -2.49. The maximum Gasteiger partial charge on any atom is 0.404 e. The summed E-state index contributed by atoms with van der Waals surface area (Å²) in [5.41, 5.74) is -0.135. The highest BCUT2D eigenvalue weighted by molar-refractivity contribution is 7.88. The van der Waals surface area contributed by atoms with Gasteiger partial charge in [-0.3, -0.25) is 0 Å². The predicted molar refractivity (Wildman–Crippen MR) is 74.8 cm³/mol. The normalized spacial score (nSPS) is 14.1. The van der Waals surface area contributed by atoms with Gasteiger partial charge >= 0.3 is 6.09 Å². The van der Waals surface area contributed by atoms with E-state index in [-0.39, 0.29) is 11.6 Å². The molecule has 1 amide bonds. The molecule has 0 saturated heterocycles. The maximum absolute atomic E-state index is 11.1. The molecule has 0 radical (unpaired) electrons. The van der Waals surface area contributed by atoms with Crippen molar-refractivity contribution in [3.05, 3.63) is 0 Å². The molecule has 0 heterocycles. The Morgan fingerprint density at radius 2 is 1.89 bits per heavy atom. The van der Waals surface area contributed by atoms with Gasteiger partial charge in [-0.25, -0.2) is 17.9 Å². The summed E-state index contributed by atoms with van der Waals surface area (Å²) in [7, 11) is -3.22. The third-order valence-electron chi connectivity index (χ3n) is 2.23. The summed E-state index contributed by atoms with van der Waals surface area (Å²) in [5.74, 6) is 0. The van der Waals surface area contributed by atoms with Crippen molar-refractivity contribution in [2.45, 2.75) is 45.2 Å². The van der Waals surface area contributed by atoms with Gasteiger partial charge in [0.15, 0.2) is 0 Å². The van der Waals surface area contributed by atoms with Crippen molar-refractivity contribution >= 4 is 16.1 Å². The van der Waals surface area contributed by atoms with Crippen LogP contribution < -0.4 is 15.4 Å². The maximum atomic E-state index is 11.1. The number of carboxylic acid groups (broad SMARTS) is 1. The number of hydrogen-bond acceptors (Lipinski definition) is 4. The first-order valence-corrected chi connectivity index (χ1v) is 8.08. The lowest BCUT2D eigenvalue weighted by Gasteiger charge is -2.28. The number of nitrogens with one attached hydrogen (secondary N) is 3. The highest BCUT2D eigenvalue weighted by Crippen LogP contribution is 2.05. The first kappa shape index (κ1) is 18.1. The van der Waals surface area contributed by atoms with E-state index in [0.29, 0.717) is 25.9 Å².